The van der Waals surface area contributed by atoms with Crippen LogP contribution >= 0.6 is 11.3 Å². The molecule has 2 aromatic carbocycles. The van der Waals surface area contributed by atoms with Crippen molar-refractivity contribution in [2.45, 2.75) is 13.1 Å². The van der Waals surface area contributed by atoms with E-state index in [-0.39, 0.29) is 37.6 Å². The second-order valence-corrected chi connectivity index (χ2v) is 8.48. The maximum atomic E-state index is 13.3. The fourth-order valence-electron chi connectivity index (χ4n) is 3.73. The van der Waals surface area contributed by atoms with Crippen LogP contribution in [0.25, 0.3) is 10.6 Å². The van der Waals surface area contributed by atoms with Gasteiger partial charge in [-0.05, 0) is 43.3 Å². The van der Waals surface area contributed by atoms with E-state index >= 15 is 0 Å². The predicted octanol–water partition coefficient (Wildman–Crippen LogP) is 4.83. The van der Waals surface area contributed by atoms with Crippen LogP contribution in [0.2, 0.25) is 0 Å². The molecule has 0 spiro atoms. The lowest BCUT2D eigenvalue weighted by Gasteiger charge is -2.34. The van der Waals surface area contributed by atoms with Crippen LogP contribution in [-0.4, -0.2) is 59.4 Å². The van der Waals surface area contributed by atoms with Gasteiger partial charge in [0.15, 0.2) is 0 Å². The van der Waals surface area contributed by atoms with Crippen LogP contribution in [-0.2, 0) is 6.18 Å². The molecule has 1 aliphatic rings. The van der Waals surface area contributed by atoms with Crippen LogP contribution in [0.5, 0.6) is 5.75 Å². The number of nitrogens with zero attached hydrogens (tertiary/aromatic N) is 3. The first-order valence-electron chi connectivity index (χ1n) is 10.7. The smallest absolute Gasteiger partial charge is 0.417 e. The van der Waals surface area contributed by atoms with E-state index in [0.717, 1.165) is 17.4 Å². The van der Waals surface area contributed by atoms with E-state index in [9.17, 15) is 22.8 Å². The lowest BCUT2D eigenvalue weighted by atomic mass is 10.1. The van der Waals surface area contributed by atoms with E-state index in [1.54, 1.807) is 10.3 Å². The molecule has 1 aromatic heterocycles. The van der Waals surface area contributed by atoms with Crippen LogP contribution in [0.3, 0.4) is 0 Å². The van der Waals surface area contributed by atoms with E-state index in [2.05, 4.69) is 4.98 Å². The standard InChI is InChI=1S/C24H22F3N3O3S/c1-2-33-17-9-7-16(8-10-17)21-28-20(15-34-21)23(32)30-13-11-29(12-14-30)22(31)18-5-3-4-6-19(18)24(25,26)27/h3-10,15H,2,11-14H2,1H3. The van der Waals surface area contributed by atoms with Gasteiger partial charge in [0.25, 0.3) is 11.8 Å². The van der Waals surface area contributed by atoms with Gasteiger partial charge in [-0.2, -0.15) is 13.2 Å². The molecule has 10 heteroatoms. The highest BCUT2D eigenvalue weighted by molar-refractivity contribution is 7.13. The number of rotatable bonds is 5. The second kappa shape index (κ2) is 9.84. The summed E-state index contributed by atoms with van der Waals surface area (Å²) in [5.74, 6) is -0.202. The zero-order valence-electron chi connectivity index (χ0n) is 18.3. The van der Waals surface area contributed by atoms with Crippen LogP contribution in [0.4, 0.5) is 13.2 Å². The van der Waals surface area contributed by atoms with E-state index in [1.165, 1.54) is 34.4 Å². The molecule has 6 nitrogen and oxygen atoms in total. The summed E-state index contributed by atoms with van der Waals surface area (Å²) in [5, 5.41) is 2.38. The number of halogens is 3. The maximum Gasteiger partial charge on any atom is 0.417 e. The van der Waals surface area contributed by atoms with E-state index < -0.39 is 17.6 Å². The molecule has 2 heterocycles. The number of aromatic nitrogens is 1. The minimum atomic E-state index is -4.62. The Hall–Kier alpha value is -3.40. The lowest BCUT2D eigenvalue weighted by Crippen LogP contribution is -2.50. The van der Waals surface area contributed by atoms with Gasteiger partial charge in [-0.15, -0.1) is 11.3 Å². The molecular weight excluding hydrogens is 467 g/mol. The monoisotopic (exact) mass is 489 g/mol. The van der Waals surface area contributed by atoms with Crippen LogP contribution in [0.15, 0.2) is 53.9 Å². The molecule has 4 rings (SSSR count). The Morgan fingerprint density at radius 2 is 1.59 bits per heavy atom. The summed E-state index contributed by atoms with van der Waals surface area (Å²) in [6.07, 6.45) is -4.62. The van der Waals surface area contributed by atoms with Crippen molar-refractivity contribution in [1.82, 2.24) is 14.8 Å². The van der Waals surface area contributed by atoms with Crippen LogP contribution in [0, 0.1) is 0 Å². The number of piperazine rings is 1. The Morgan fingerprint density at radius 1 is 0.971 bits per heavy atom. The largest absolute Gasteiger partial charge is 0.494 e. The number of hydrogen-bond acceptors (Lipinski definition) is 5. The first-order chi connectivity index (χ1) is 16.3. The molecule has 0 saturated carbocycles. The highest BCUT2D eigenvalue weighted by Gasteiger charge is 2.36. The van der Waals surface area contributed by atoms with Crippen molar-refractivity contribution in [2.75, 3.05) is 32.8 Å². The Balaban J connectivity index is 1.40. The molecule has 2 amide bonds. The molecule has 3 aromatic rings. The molecule has 0 atom stereocenters. The van der Waals surface area contributed by atoms with Gasteiger partial charge in [-0.1, -0.05) is 12.1 Å². The topological polar surface area (TPSA) is 62.7 Å². The minimum absolute atomic E-state index is 0.145. The minimum Gasteiger partial charge on any atom is -0.494 e. The van der Waals surface area contributed by atoms with Crippen molar-refractivity contribution in [3.8, 4) is 16.3 Å². The molecule has 0 aliphatic carbocycles. The quantitative estimate of drug-likeness (QED) is 0.515. The number of thiazole rings is 1. The Morgan fingerprint density at radius 3 is 2.21 bits per heavy atom. The summed E-state index contributed by atoms with van der Waals surface area (Å²) < 4.78 is 45.3. The maximum absolute atomic E-state index is 13.3. The van der Waals surface area contributed by atoms with Crippen molar-refractivity contribution in [2.24, 2.45) is 0 Å². The number of ether oxygens (including phenoxy) is 1. The molecule has 34 heavy (non-hydrogen) atoms. The first-order valence-corrected chi connectivity index (χ1v) is 11.6. The molecule has 1 saturated heterocycles. The molecule has 0 N–H and O–H groups in total. The summed E-state index contributed by atoms with van der Waals surface area (Å²) in [5.41, 5.74) is -0.167. The molecule has 0 radical (unpaired) electrons. The van der Waals surface area contributed by atoms with Gasteiger partial charge in [0.1, 0.15) is 16.5 Å². The third-order valence-electron chi connectivity index (χ3n) is 5.45. The van der Waals surface area contributed by atoms with Gasteiger partial charge in [0.2, 0.25) is 0 Å². The fourth-order valence-corrected chi connectivity index (χ4v) is 4.53. The average molecular weight is 490 g/mol. The molecule has 0 unspecified atom stereocenters. The van der Waals surface area contributed by atoms with E-state index in [4.69, 9.17) is 4.74 Å². The number of benzene rings is 2. The summed E-state index contributed by atoms with van der Waals surface area (Å²) in [6, 6.07) is 12.2. The third kappa shape index (κ3) is 5.06. The van der Waals surface area contributed by atoms with Crippen molar-refractivity contribution in [1.29, 1.82) is 0 Å². The molecule has 1 fully saturated rings. The summed E-state index contributed by atoms with van der Waals surface area (Å²) in [4.78, 5) is 33.0. The van der Waals surface area contributed by atoms with Crippen LogP contribution in [0.1, 0.15) is 33.3 Å². The number of carbonyl (C=O) groups excluding carboxylic acids is 2. The van der Waals surface area contributed by atoms with Gasteiger partial charge in [0, 0.05) is 37.1 Å². The highest BCUT2D eigenvalue weighted by atomic mass is 32.1. The van der Waals surface area contributed by atoms with Crippen LogP contribution < -0.4 is 4.74 Å². The molecular formula is C24H22F3N3O3S. The van der Waals surface area contributed by atoms with Gasteiger partial charge in [-0.3, -0.25) is 9.59 Å². The lowest BCUT2D eigenvalue weighted by molar-refractivity contribution is -0.138. The van der Waals surface area contributed by atoms with Gasteiger partial charge >= 0.3 is 6.18 Å². The number of hydrogen-bond donors (Lipinski definition) is 0. The molecule has 1 aliphatic heterocycles. The van der Waals surface area contributed by atoms with Crippen molar-refractivity contribution in [3.05, 3.63) is 70.7 Å². The number of carbonyl (C=O) groups is 2. The van der Waals surface area contributed by atoms with Gasteiger partial charge in [0.05, 0.1) is 17.7 Å². The highest BCUT2D eigenvalue weighted by Crippen LogP contribution is 2.32. The summed E-state index contributed by atoms with van der Waals surface area (Å²) in [6.45, 7) is 3.20. The third-order valence-corrected chi connectivity index (χ3v) is 6.34. The Labute approximate surface area is 198 Å². The number of alkyl halides is 3. The van der Waals surface area contributed by atoms with Crippen molar-refractivity contribution in [3.63, 3.8) is 0 Å². The van der Waals surface area contributed by atoms with Gasteiger partial charge in [-0.25, -0.2) is 4.98 Å². The first kappa shape index (κ1) is 23.7. The Bertz CT molecular complexity index is 1170. The zero-order chi connectivity index (χ0) is 24.3. The normalized spacial score (nSPS) is 14.2. The van der Waals surface area contributed by atoms with Crippen molar-refractivity contribution < 1.29 is 27.5 Å². The van der Waals surface area contributed by atoms with Crippen molar-refractivity contribution >= 4 is 23.2 Å². The fraction of sp³-hybridized carbons (Fsp3) is 0.292. The van der Waals surface area contributed by atoms with E-state index in [1.807, 2.05) is 31.2 Å². The molecule has 178 valence electrons. The average Bonchev–Trinajstić information content (AvgIpc) is 3.34. The Kier molecular flexibility index (Phi) is 6.87. The van der Waals surface area contributed by atoms with E-state index in [0.29, 0.717) is 17.3 Å². The molecule has 0 bridgehead atoms. The second-order valence-electron chi connectivity index (χ2n) is 7.62. The summed E-state index contributed by atoms with van der Waals surface area (Å²) in [7, 11) is 0. The predicted molar refractivity (Wildman–Crippen MR) is 122 cm³/mol. The zero-order valence-corrected chi connectivity index (χ0v) is 19.2. The SMILES string of the molecule is CCOc1ccc(-c2nc(C(=O)N3CCN(C(=O)c4ccccc4C(F)(F)F)CC3)cs2)cc1. The number of amides is 2. The van der Waals surface area contributed by atoms with Gasteiger partial charge < -0.3 is 14.5 Å². The summed E-state index contributed by atoms with van der Waals surface area (Å²) >= 11 is 1.35.